The molecule has 1 amide bonds. The molecule has 3 heteroatoms. The molecule has 0 spiro atoms. The van der Waals surface area contributed by atoms with Crippen molar-refractivity contribution >= 4 is 17.4 Å². The van der Waals surface area contributed by atoms with Gasteiger partial charge in [-0.25, -0.2) is 0 Å². The third-order valence-electron chi connectivity index (χ3n) is 3.47. The number of carbonyl (C=O) groups is 2. The van der Waals surface area contributed by atoms with E-state index >= 15 is 0 Å². The summed E-state index contributed by atoms with van der Waals surface area (Å²) in [4.78, 5) is 23.7. The first-order valence-electron chi connectivity index (χ1n) is 7.50. The van der Waals surface area contributed by atoms with Crippen LogP contribution in [-0.4, -0.2) is 11.7 Å². The van der Waals surface area contributed by atoms with Crippen molar-refractivity contribution in [3.8, 4) is 0 Å². The van der Waals surface area contributed by atoms with E-state index in [1.54, 1.807) is 0 Å². The summed E-state index contributed by atoms with van der Waals surface area (Å²) in [6, 6.07) is 17.1. The molecule has 0 aromatic heterocycles. The molecule has 0 saturated carbocycles. The normalized spacial score (nSPS) is 10.5. The molecule has 0 unspecified atom stereocenters. The van der Waals surface area contributed by atoms with E-state index in [1.807, 2.05) is 68.4 Å². The lowest BCUT2D eigenvalue weighted by Gasteiger charge is -2.07. The van der Waals surface area contributed by atoms with E-state index in [2.05, 4.69) is 5.32 Å². The molecule has 2 aromatic carbocycles. The predicted octanol–water partition coefficient (Wildman–Crippen LogP) is 3.64. The number of hydrogen-bond acceptors (Lipinski definition) is 2. The molecule has 3 nitrogen and oxygen atoms in total. The molecule has 0 radical (unpaired) electrons. The Kier molecular flexibility index (Phi) is 5.48. The minimum absolute atomic E-state index is 0.0443. The smallest absolute Gasteiger partial charge is 0.228 e. The molecule has 0 aliphatic rings. The summed E-state index contributed by atoms with van der Waals surface area (Å²) in [5.74, 6) is 0.225. The number of Topliss-reactive ketones (excluding diaryl/α,β-unsaturated/α-hetero) is 1. The van der Waals surface area contributed by atoms with Crippen molar-refractivity contribution in [2.45, 2.75) is 26.7 Å². The number of amides is 1. The van der Waals surface area contributed by atoms with E-state index in [0.29, 0.717) is 12.8 Å². The van der Waals surface area contributed by atoms with Gasteiger partial charge < -0.3 is 5.32 Å². The topological polar surface area (TPSA) is 46.2 Å². The standard InChI is InChI=1S/C19H21NO2/c1-14(2)18(21)12-16-8-10-17(11-9-16)20-19(22)13-15-6-4-3-5-7-15/h3-11,14H,12-13H2,1-2H3,(H,20,22). The van der Waals surface area contributed by atoms with Crippen molar-refractivity contribution in [1.29, 1.82) is 0 Å². The minimum atomic E-state index is -0.0443. The molecular weight excluding hydrogens is 274 g/mol. The summed E-state index contributed by atoms with van der Waals surface area (Å²) in [7, 11) is 0. The monoisotopic (exact) mass is 295 g/mol. The lowest BCUT2D eigenvalue weighted by molar-refractivity contribution is -0.121. The number of benzene rings is 2. The van der Waals surface area contributed by atoms with E-state index in [4.69, 9.17) is 0 Å². The Morgan fingerprint density at radius 1 is 0.864 bits per heavy atom. The highest BCUT2D eigenvalue weighted by Crippen LogP contribution is 2.12. The summed E-state index contributed by atoms with van der Waals surface area (Å²) in [5.41, 5.74) is 2.71. The van der Waals surface area contributed by atoms with E-state index < -0.39 is 0 Å². The first-order valence-corrected chi connectivity index (χ1v) is 7.50. The van der Waals surface area contributed by atoms with Crippen LogP contribution in [0.5, 0.6) is 0 Å². The van der Waals surface area contributed by atoms with E-state index in [-0.39, 0.29) is 17.6 Å². The number of rotatable bonds is 6. The van der Waals surface area contributed by atoms with Crippen molar-refractivity contribution in [3.05, 3.63) is 65.7 Å². The Bertz CT molecular complexity index is 630. The lowest BCUT2D eigenvalue weighted by atomic mass is 10.0. The number of nitrogens with one attached hydrogen (secondary N) is 1. The summed E-state index contributed by atoms with van der Waals surface area (Å²) in [6.07, 6.45) is 0.796. The van der Waals surface area contributed by atoms with Crippen LogP contribution >= 0.6 is 0 Å². The van der Waals surface area contributed by atoms with Crippen LogP contribution in [0.25, 0.3) is 0 Å². The number of anilines is 1. The third kappa shape index (κ3) is 4.85. The van der Waals surface area contributed by atoms with Gasteiger partial charge in [-0.2, -0.15) is 0 Å². The Morgan fingerprint density at radius 3 is 2.05 bits per heavy atom. The van der Waals surface area contributed by atoms with Gasteiger partial charge in [-0.05, 0) is 23.3 Å². The van der Waals surface area contributed by atoms with Crippen LogP contribution in [0.2, 0.25) is 0 Å². The van der Waals surface area contributed by atoms with Crippen LogP contribution < -0.4 is 5.32 Å². The van der Waals surface area contributed by atoms with Crippen LogP contribution in [0.4, 0.5) is 5.69 Å². The van der Waals surface area contributed by atoms with Gasteiger partial charge in [0.15, 0.2) is 0 Å². The molecule has 0 bridgehead atoms. The molecule has 0 atom stereocenters. The fraction of sp³-hybridized carbons (Fsp3) is 0.263. The zero-order valence-electron chi connectivity index (χ0n) is 13.0. The molecule has 0 heterocycles. The summed E-state index contributed by atoms with van der Waals surface area (Å²) in [6.45, 7) is 3.81. The highest BCUT2D eigenvalue weighted by Gasteiger charge is 2.08. The number of carbonyl (C=O) groups excluding carboxylic acids is 2. The van der Waals surface area contributed by atoms with E-state index in [1.165, 1.54) is 0 Å². The van der Waals surface area contributed by atoms with Gasteiger partial charge >= 0.3 is 0 Å². The maximum atomic E-state index is 12.0. The summed E-state index contributed by atoms with van der Waals surface area (Å²) in [5, 5.41) is 2.87. The molecule has 2 rings (SSSR count). The highest BCUT2D eigenvalue weighted by atomic mass is 16.1. The van der Waals surface area contributed by atoms with Crippen molar-refractivity contribution in [2.24, 2.45) is 5.92 Å². The lowest BCUT2D eigenvalue weighted by Crippen LogP contribution is -2.14. The number of hydrogen-bond donors (Lipinski definition) is 1. The maximum absolute atomic E-state index is 12.0. The predicted molar refractivity (Wildman–Crippen MR) is 88.8 cm³/mol. The second-order valence-electron chi connectivity index (χ2n) is 5.71. The Morgan fingerprint density at radius 2 is 1.45 bits per heavy atom. The van der Waals surface area contributed by atoms with Crippen LogP contribution in [-0.2, 0) is 22.4 Å². The molecular formula is C19H21NO2. The molecule has 0 fully saturated rings. The van der Waals surface area contributed by atoms with Crippen molar-refractivity contribution < 1.29 is 9.59 Å². The quantitative estimate of drug-likeness (QED) is 0.884. The van der Waals surface area contributed by atoms with Crippen LogP contribution in [0.1, 0.15) is 25.0 Å². The average molecular weight is 295 g/mol. The maximum Gasteiger partial charge on any atom is 0.228 e. The zero-order valence-corrected chi connectivity index (χ0v) is 13.0. The van der Waals surface area contributed by atoms with Crippen LogP contribution in [0, 0.1) is 5.92 Å². The Labute approximate surface area is 131 Å². The fourth-order valence-corrected chi connectivity index (χ4v) is 2.10. The van der Waals surface area contributed by atoms with Crippen molar-refractivity contribution in [2.75, 3.05) is 5.32 Å². The van der Waals surface area contributed by atoms with Gasteiger partial charge in [-0.3, -0.25) is 9.59 Å². The number of ketones is 1. The first kappa shape index (κ1) is 16.0. The van der Waals surface area contributed by atoms with Gasteiger partial charge in [0, 0.05) is 18.0 Å². The second kappa shape index (κ2) is 7.55. The van der Waals surface area contributed by atoms with Crippen molar-refractivity contribution in [3.63, 3.8) is 0 Å². The zero-order chi connectivity index (χ0) is 15.9. The first-order chi connectivity index (χ1) is 10.5. The SMILES string of the molecule is CC(C)C(=O)Cc1ccc(NC(=O)Cc2ccccc2)cc1. The largest absolute Gasteiger partial charge is 0.326 e. The van der Waals surface area contributed by atoms with Gasteiger partial charge in [-0.15, -0.1) is 0 Å². The minimum Gasteiger partial charge on any atom is -0.326 e. The van der Waals surface area contributed by atoms with E-state index in [0.717, 1.165) is 16.8 Å². The summed E-state index contributed by atoms with van der Waals surface area (Å²) >= 11 is 0. The molecule has 0 aliphatic heterocycles. The third-order valence-corrected chi connectivity index (χ3v) is 3.47. The molecule has 2 aromatic rings. The average Bonchev–Trinajstić information content (AvgIpc) is 2.50. The molecule has 22 heavy (non-hydrogen) atoms. The van der Waals surface area contributed by atoms with Gasteiger partial charge in [0.1, 0.15) is 5.78 Å². The van der Waals surface area contributed by atoms with Crippen LogP contribution in [0.3, 0.4) is 0 Å². The highest BCUT2D eigenvalue weighted by molar-refractivity contribution is 5.92. The molecule has 114 valence electrons. The molecule has 0 aliphatic carbocycles. The summed E-state index contributed by atoms with van der Waals surface area (Å²) < 4.78 is 0. The second-order valence-corrected chi connectivity index (χ2v) is 5.71. The van der Waals surface area contributed by atoms with Gasteiger partial charge in [-0.1, -0.05) is 56.3 Å². The van der Waals surface area contributed by atoms with Gasteiger partial charge in [0.05, 0.1) is 6.42 Å². The Balaban J connectivity index is 1.91. The van der Waals surface area contributed by atoms with Crippen LogP contribution in [0.15, 0.2) is 54.6 Å². The molecule has 0 saturated heterocycles. The van der Waals surface area contributed by atoms with E-state index in [9.17, 15) is 9.59 Å². The van der Waals surface area contributed by atoms with Gasteiger partial charge in [0.25, 0.3) is 0 Å². The fourth-order valence-electron chi connectivity index (χ4n) is 2.10. The van der Waals surface area contributed by atoms with Gasteiger partial charge in [0.2, 0.25) is 5.91 Å². The van der Waals surface area contributed by atoms with Crippen molar-refractivity contribution in [1.82, 2.24) is 0 Å². The Hall–Kier alpha value is -2.42. The molecule has 1 N–H and O–H groups in total.